The average Bonchev–Trinajstić information content (AvgIpc) is 2.21. The number of halogens is 4. The van der Waals surface area contributed by atoms with Crippen LogP contribution in [0.1, 0.15) is 5.69 Å². The molecule has 0 saturated heterocycles. The molecule has 0 bridgehead atoms. The van der Waals surface area contributed by atoms with Crippen molar-refractivity contribution in [2.24, 2.45) is 0 Å². The van der Waals surface area contributed by atoms with E-state index in [0.717, 1.165) is 6.07 Å². The van der Waals surface area contributed by atoms with Crippen LogP contribution in [0.4, 0.5) is 8.78 Å². The fourth-order valence-electron chi connectivity index (χ4n) is 1.32. The summed E-state index contributed by atoms with van der Waals surface area (Å²) in [5, 5.41) is 0.740. The molecule has 2 rings (SSSR count). The Morgan fingerprint density at radius 1 is 1.33 bits per heavy atom. The van der Waals surface area contributed by atoms with Gasteiger partial charge in [-0.25, -0.2) is 13.8 Å². The molecule has 1 heterocycles. The zero-order valence-electron chi connectivity index (χ0n) is 7.61. The minimum absolute atomic E-state index is 0.0410. The minimum atomic E-state index is -0.968. The quantitative estimate of drug-likeness (QED) is 0.708. The highest BCUT2D eigenvalue weighted by Crippen LogP contribution is 2.33. The van der Waals surface area contributed by atoms with Crippen LogP contribution >= 0.6 is 27.5 Å². The van der Waals surface area contributed by atoms with Gasteiger partial charge >= 0.3 is 0 Å². The molecule has 0 radical (unpaired) electrons. The van der Waals surface area contributed by atoms with Crippen LogP contribution in [0.5, 0.6) is 0 Å². The standard InChI is InChI=1S/C10H5BrClF2N/c1-4-7(11)8(12)5-2-3-6(13)9(14)10(5)15-4/h2-3H,1H3. The Balaban J connectivity index is 2.98. The molecule has 0 N–H and O–H groups in total. The topological polar surface area (TPSA) is 12.9 Å². The van der Waals surface area contributed by atoms with Crippen LogP contribution < -0.4 is 0 Å². The summed E-state index contributed by atoms with van der Waals surface area (Å²) in [4.78, 5) is 3.95. The number of benzene rings is 1. The first-order chi connectivity index (χ1) is 7.02. The molecular formula is C10H5BrClF2N. The van der Waals surface area contributed by atoms with E-state index in [4.69, 9.17) is 11.6 Å². The maximum atomic E-state index is 13.4. The molecule has 78 valence electrons. The Bertz CT molecular complexity index is 557. The Hall–Kier alpha value is -0.740. The van der Waals surface area contributed by atoms with Gasteiger partial charge in [0.25, 0.3) is 0 Å². The maximum absolute atomic E-state index is 13.4. The zero-order chi connectivity index (χ0) is 11.2. The third-order valence-electron chi connectivity index (χ3n) is 2.10. The first-order valence-electron chi connectivity index (χ1n) is 4.11. The summed E-state index contributed by atoms with van der Waals surface area (Å²) in [5.74, 6) is -1.89. The van der Waals surface area contributed by atoms with E-state index < -0.39 is 11.6 Å². The number of aromatic nitrogens is 1. The minimum Gasteiger partial charge on any atom is -0.249 e. The lowest BCUT2D eigenvalue weighted by Gasteiger charge is -2.06. The van der Waals surface area contributed by atoms with Crippen LogP contribution in [-0.4, -0.2) is 4.98 Å². The molecular weight excluding hydrogens is 287 g/mol. The number of aryl methyl sites for hydroxylation is 1. The molecule has 0 spiro atoms. The summed E-state index contributed by atoms with van der Waals surface area (Å²) < 4.78 is 26.9. The molecule has 2 aromatic rings. The second-order valence-electron chi connectivity index (χ2n) is 3.08. The van der Waals surface area contributed by atoms with E-state index in [-0.39, 0.29) is 5.52 Å². The molecule has 0 aliphatic heterocycles. The van der Waals surface area contributed by atoms with E-state index in [2.05, 4.69) is 20.9 Å². The van der Waals surface area contributed by atoms with Gasteiger partial charge in [-0.3, -0.25) is 0 Å². The van der Waals surface area contributed by atoms with Crippen LogP contribution in [0, 0.1) is 18.6 Å². The van der Waals surface area contributed by atoms with Gasteiger partial charge in [0.1, 0.15) is 5.52 Å². The summed E-state index contributed by atoms with van der Waals surface area (Å²) in [6.45, 7) is 1.67. The van der Waals surface area contributed by atoms with E-state index in [0.29, 0.717) is 20.6 Å². The fraction of sp³-hybridized carbons (Fsp3) is 0.100. The molecule has 0 atom stereocenters. The van der Waals surface area contributed by atoms with E-state index in [1.165, 1.54) is 6.07 Å². The van der Waals surface area contributed by atoms with Crippen molar-refractivity contribution < 1.29 is 8.78 Å². The Kier molecular flexibility index (Phi) is 2.64. The lowest BCUT2D eigenvalue weighted by molar-refractivity contribution is 0.515. The second kappa shape index (κ2) is 3.68. The molecule has 15 heavy (non-hydrogen) atoms. The first kappa shape index (κ1) is 10.8. The van der Waals surface area contributed by atoms with Crippen LogP contribution in [0.2, 0.25) is 5.02 Å². The lowest BCUT2D eigenvalue weighted by Crippen LogP contribution is -1.93. The largest absolute Gasteiger partial charge is 0.249 e. The molecule has 0 aliphatic carbocycles. The molecule has 1 aromatic carbocycles. The summed E-state index contributed by atoms with van der Waals surface area (Å²) in [6.07, 6.45) is 0. The molecule has 0 unspecified atom stereocenters. The van der Waals surface area contributed by atoms with E-state index >= 15 is 0 Å². The zero-order valence-corrected chi connectivity index (χ0v) is 9.96. The molecule has 0 fully saturated rings. The summed E-state index contributed by atoms with van der Waals surface area (Å²) >= 11 is 9.21. The van der Waals surface area contributed by atoms with Crippen LogP contribution in [0.3, 0.4) is 0 Å². The van der Waals surface area contributed by atoms with Crippen molar-refractivity contribution in [1.29, 1.82) is 0 Å². The molecule has 1 aromatic heterocycles. The van der Waals surface area contributed by atoms with Crippen LogP contribution in [0.25, 0.3) is 10.9 Å². The maximum Gasteiger partial charge on any atom is 0.185 e. The van der Waals surface area contributed by atoms with Gasteiger partial charge in [0.05, 0.1) is 15.2 Å². The van der Waals surface area contributed by atoms with Gasteiger partial charge in [-0.15, -0.1) is 0 Å². The fourth-order valence-corrected chi connectivity index (χ4v) is 1.91. The van der Waals surface area contributed by atoms with Crippen LogP contribution in [-0.2, 0) is 0 Å². The second-order valence-corrected chi connectivity index (χ2v) is 4.25. The van der Waals surface area contributed by atoms with E-state index in [1.807, 2.05) is 0 Å². The molecule has 5 heteroatoms. The van der Waals surface area contributed by atoms with Crippen molar-refractivity contribution in [3.05, 3.63) is 39.0 Å². The highest BCUT2D eigenvalue weighted by atomic mass is 79.9. The molecule has 0 amide bonds. The summed E-state index contributed by atoms with van der Waals surface area (Å²) in [5.41, 5.74) is 0.484. The van der Waals surface area contributed by atoms with Gasteiger partial charge < -0.3 is 0 Å². The Labute approximate surface area is 98.2 Å². The molecule has 1 nitrogen and oxygen atoms in total. The number of hydrogen-bond donors (Lipinski definition) is 0. The van der Waals surface area contributed by atoms with Gasteiger partial charge in [-0.2, -0.15) is 0 Å². The van der Waals surface area contributed by atoms with Gasteiger partial charge in [0.2, 0.25) is 0 Å². The number of nitrogens with zero attached hydrogens (tertiary/aromatic N) is 1. The molecule has 0 saturated carbocycles. The number of rotatable bonds is 0. The smallest absolute Gasteiger partial charge is 0.185 e. The third kappa shape index (κ3) is 1.62. The summed E-state index contributed by atoms with van der Waals surface area (Å²) in [6, 6.07) is 2.44. The van der Waals surface area contributed by atoms with Gasteiger partial charge in [-0.05, 0) is 35.0 Å². The lowest BCUT2D eigenvalue weighted by atomic mass is 10.2. The van der Waals surface area contributed by atoms with Crippen molar-refractivity contribution in [3.8, 4) is 0 Å². The van der Waals surface area contributed by atoms with E-state index in [9.17, 15) is 8.78 Å². The van der Waals surface area contributed by atoms with Crippen molar-refractivity contribution in [2.45, 2.75) is 6.92 Å². The van der Waals surface area contributed by atoms with Crippen molar-refractivity contribution in [2.75, 3.05) is 0 Å². The molecule has 0 aliphatic rings. The van der Waals surface area contributed by atoms with E-state index in [1.54, 1.807) is 6.92 Å². The van der Waals surface area contributed by atoms with Crippen molar-refractivity contribution >= 4 is 38.4 Å². The predicted molar refractivity (Wildman–Crippen MR) is 59.1 cm³/mol. The number of pyridine rings is 1. The van der Waals surface area contributed by atoms with Crippen molar-refractivity contribution in [3.63, 3.8) is 0 Å². The Morgan fingerprint density at radius 3 is 2.67 bits per heavy atom. The first-order valence-corrected chi connectivity index (χ1v) is 5.28. The predicted octanol–water partition coefficient (Wildman–Crippen LogP) is 4.24. The van der Waals surface area contributed by atoms with Crippen molar-refractivity contribution in [1.82, 2.24) is 4.98 Å². The van der Waals surface area contributed by atoms with Crippen LogP contribution in [0.15, 0.2) is 16.6 Å². The number of fused-ring (bicyclic) bond motifs is 1. The highest BCUT2D eigenvalue weighted by molar-refractivity contribution is 9.10. The van der Waals surface area contributed by atoms with Gasteiger partial charge in [0.15, 0.2) is 11.6 Å². The Morgan fingerprint density at radius 2 is 2.00 bits per heavy atom. The average molecular weight is 293 g/mol. The van der Waals surface area contributed by atoms with Gasteiger partial charge in [0, 0.05) is 5.39 Å². The normalized spacial score (nSPS) is 11.0. The monoisotopic (exact) mass is 291 g/mol. The highest BCUT2D eigenvalue weighted by Gasteiger charge is 2.14. The third-order valence-corrected chi connectivity index (χ3v) is 3.69. The SMILES string of the molecule is Cc1nc2c(F)c(F)ccc2c(Cl)c1Br. The number of hydrogen-bond acceptors (Lipinski definition) is 1. The van der Waals surface area contributed by atoms with Gasteiger partial charge in [-0.1, -0.05) is 11.6 Å². The summed E-state index contributed by atoms with van der Waals surface area (Å²) in [7, 11) is 0.